The summed E-state index contributed by atoms with van der Waals surface area (Å²) in [7, 11) is 0. The zero-order chi connectivity index (χ0) is 12.1. The highest BCUT2D eigenvalue weighted by Gasteiger charge is 2.29. The Kier molecular flexibility index (Phi) is 5.30. The Balaban J connectivity index is 1.70. The maximum absolute atomic E-state index is 3.73. The van der Waals surface area contributed by atoms with Gasteiger partial charge < -0.3 is 10.6 Å². The molecule has 0 amide bonds. The molecule has 1 heterocycles. The van der Waals surface area contributed by atoms with Gasteiger partial charge >= 0.3 is 0 Å². The average Bonchev–Trinajstić information content (AvgIpc) is 2.40. The van der Waals surface area contributed by atoms with E-state index in [-0.39, 0.29) is 0 Å². The zero-order valence-electron chi connectivity index (χ0n) is 11.7. The van der Waals surface area contributed by atoms with Crippen LogP contribution in [0.25, 0.3) is 0 Å². The van der Waals surface area contributed by atoms with E-state index in [2.05, 4.69) is 24.5 Å². The molecule has 2 heteroatoms. The minimum absolute atomic E-state index is 0.611. The van der Waals surface area contributed by atoms with Crippen LogP contribution >= 0.6 is 0 Å². The van der Waals surface area contributed by atoms with Gasteiger partial charge in [0.25, 0.3) is 0 Å². The van der Waals surface area contributed by atoms with Gasteiger partial charge in [0, 0.05) is 13.1 Å². The van der Waals surface area contributed by atoms with Gasteiger partial charge in [-0.05, 0) is 30.6 Å². The fourth-order valence-electron chi connectivity index (χ4n) is 3.57. The molecule has 1 aliphatic heterocycles. The quantitative estimate of drug-likeness (QED) is 0.786. The third-order valence-electron chi connectivity index (χ3n) is 4.89. The van der Waals surface area contributed by atoms with E-state index < -0.39 is 0 Å². The minimum atomic E-state index is 0.611. The molecule has 100 valence electrons. The van der Waals surface area contributed by atoms with Crippen LogP contribution in [0.15, 0.2) is 0 Å². The molecular formula is C15H30N2. The van der Waals surface area contributed by atoms with Gasteiger partial charge in [-0.1, -0.05) is 46.0 Å². The highest BCUT2D eigenvalue weighted by molar-refractivity contribution is 4.85. The molecule has 0 atom stereocenters. The number of hydrogen-bond acceptors (Lipinski definition) is 2. The lowest BCUT2D eigenvalue weighted by atomic mass is 9.78. The van der Waals surface area contributed by atoms with E-state index in [1.165, 1.54) is 58.0 Å². The molecule has 0 aromatic rings. The maximum Gasteiger partial charge on any atom is 0.0600 e. The molecule has 1 aliphatic carbocycles. The third kappa shape index (κ3) is 3.69. The van der Waals surface area contributed by atoms with Crippen molar-refractivity contribution in [2.75, 3.05) is 13.1 Å². The van der Waals surface area contributed by atoms with Gasteiger partial charge in [0.1, 0.15) is 0 Å². The van der Waals surface area contributed by atoms with Crippen LogP contribution in [0.2, 0.25) is 0 Å². The minimum Gasteiger partial charge on any atom is -0.301 e. The van der Waals surface area contributed by atoms with E-state index in [9.17, 15) is 0 Å². The summed E-state index contributed by atoms with van der Waals surface area (Å²) in [4.78, 5) is 0. The fraction of sp³-hybridized carbons (Fsp3) is 1.00. The van der Waals surface area contributed by atoms with Gasteiger partial charge in [-0.2, -0.15) is 0 Å². The lowest BCUT2D eigenvalue weighted by Gasteiger charge is -2.39. The Labute approximate surface area is 107 Å². The van der Waals surface area contributed by atoms with E-state index in [4.69, 9.17) is 0 Å². The smallest absolute Gasteiger partial charge is 0.0600 e. The molecular weight excluding hydrogens is 208 g/mol. The lowest BCUT2D eigenvalue weighted by molar-refractivity contribution is 0.160. The Morgan fingerprint density at radius 3 is 2.06 bits per heavy atom. The van der Waals surface area contributed by atoms with Gasteiger partial charge in [0.15, 0.2) is 0 Å². The average molecular weight is 238 g/mol. The van der Waals surface area contributed by atoms with Crippen molar-refractivity contribution in [3.63, 3.8) is 0 Å². The van der Waals surface area contributed by atoms with Crippen LogP contribution in [-0.4, -0.2) is 19.3 Å². The van der Waals surface area contributed by atoms with Gasteiger partial charge in [0.05, 0.1) is 6.17 Å². The van der Waals surface area contributed by atoms with Crippen LogP contribution in [0, 0.1) is 17.8 Å². The summed E-state index contributed by atoms with van der Waals surface area (Å²) in [5, 5.41) is 7.45. The van der Waals surface area contributed by atoms with Crippen molar-refractivity contribution in [1.82, 2.24) is 10.6 Å². The second-order valence-electron chi connectivity index (χ2n) is 6.14. The zero-order valence-corrected chi connectivity index (χ0v) is 11.7. The molecule has 0 aromatic heterocycles. The van der Waals surface area contributed by atoms with Crippen molar-refractivity contribution >= 4 is 0 Å². The molecule has 0 aromatic carbocycles. The van der Waals surface area contributed by atoms with Crippen molar-refractivity contribution in [2.24, 2.45) is 17.8 Å². The molecule has 0 unspecified atom stereocenters. The molecule has 1 saturated carbocycles. The van der Waals surface area contributed by atoms with Crippen molar-refractivity contribution < 1.29 is 0 Å². The summed E-state index contributed by atoms with van der Waals surface area (Å²) in [6.07, 6.45) is 10.5. The fourth-order valence-corrected chi connectivity index (χ4v) is 3.57. The summed E-state index contributed by atoms with van der Waals surface area (Å²) >= 11 is 0. The van der Waals surface area contributed by atoms with Crippen molar-refractivity contribution in [2.45, 2.75) is 65.0 Å². The predicted molar refractivity (Wildman–Crippen MR) is 73.9 cm³/mol. The SMILES string of the molecule is CCCC1CCC(C2NCC(CC)CN2)CC1. The first-order chi connectivity index (χ1) is 8.33. The molecule has 0 spiro atoms. The molecule has 2 fully saturated rings. The first-order valence-corrected chi connectivity index (χ1v) is 7.80. The van der Waals surface area contributed by atoms with Crippen LogP contribution in [0.1, 0.15) is 58.8 Å². The van der Waals surface area contributed by atoms with Crippen LogP contribution in [0.3, 0.4) is 0 Å². The molecule has 0 bridgehead atoms. The maximum atomic E-state index is 3.73. The third-order valence-corrected chi connectivity index (χ3v) is 4.89. The number of nitrogens with one attached hydrogen (secondary N) is 2. The molecule has 1 saturated heterocycles. The monoisotopic (exact) mass is 238 g/mol. The Morgan fingerprint density at radius 1 is 0.882 bits per heavy atom. The molecule has 17 heavy (non-hydrogen) atoms. The van der Waals surface area contributed by atoms with E-state index >= 15 is 0 Å². The molecule has 0 radical (unpaired) electrons. The summed E-state index contributed by atoms with van der Waals surface area (Å²) in [6, 6.07) is 0. The highest BCUT2D eigenvalue weighted by Crippen LogP contribution is 2.33. The van der Waals surface area contributed by atoms with Crippen LogP contribution < -0.4 is 10.6 Å². The van der Waals surface area contributed by atoms with Crippen molar-refractivity contribution in [3.8, 4) is 0 Å². The van der Waals surface area contributed by atoms with Crippen LogP contribution in [0.5, 0.6) is 0 Å². The highest BCUT2D eigenvalue weighted by atomic mass is 15.2. The Bertz CT molecular complexity index is 201. The Hall–Kier alpha value is -0.0800. The van der Waals surface area contributed by atoms with E-state index in [0.29, 0.717) is 6.17 Å². The van der Waals surface area contributed by atoms with Crippen molar-refractivity contribution in [3.05, 3.63) is 0 Å². The molecule has 2 nitrogen and oxygen atoms in total. The van der Waals surface area contributed by atoms with Gasteiger partial charge in [-0.15, -0.1) is 0 Å². The second kappa shape index (κ2) is 6.75. The van der Waals surface area contributed by atoms with Gasteiger partial charge in [0.2, 0.25) is 0 Å². The summed E-state index contributed by atoms with van der Waals surface area (Å²) < 4.78 is 0. The normalized spacial score (nSPS) is 39.2. The van der Waals surface area contributed by atoms with Gasteiger partial charge in [-0.3, -0.25) is 0 Å². The largest absolute Gasteiger partial charge is 0.301 e. The Morgan fingerprint density at radius 2 is 1.53 bits per heavy atom. The number of hydrogen-bond donors (Lipinski definition) is 2. The van der Waals surface area contributed by atoms with Gasteiger partial charge in [-0.25, -0.2) is 0 Å². The van der Waals surface area contributed by atoms with E-state index in [1.807, 2.05) is 0 Å². The van der Waals surface area contributed by atoms with E-state index in [1.54, 1.807) is 0 Å². The standard InChI is InChI=1S/C15H30N2/c1-3-5-13-6-8-14(9-7-13)15-16-10-12(4-2)11-17-15/h12-17H,3-11H2,1-2H3. The van der Waals surface area contributed by atoms with E-state index in [0.717, 1.165) is 17.8 Å². The van der Waals surface area contributed by atoms with Crippen LogP contribution in [-0.2, 0) is 0 Å². The van der Waals surface area contributed by atoms with Crippen LogP contribution in [0.4, 0.5) is 0 Å². The lowest BCUT2D eigenvalue weighted by Crippen LogP contribution is -2.56. The van der Waals surface area contributed by atoms with Crippen molar-refractivity contribution in [1.29, 1.82) is 0 Å². The summed E-state index contributed by atoms with van der Waals surface area (Å²) in [5.41, 5.74) is 0. The number of rotatable bonds is 4. The topological polar surface area (TPSA) is 24.1 Å². The second-order valence-corrected chi connectivity index (χ2v) is 6.14. The summed E-state index contributed by atoms with van der Waals surface area (Å²) in [6.45, 7) is 7.07. The summed E-state index contributed by atoms with van der Waals surface area (Å²) in [5.74, 6) is 2.77. The first kappa shape index (κ1) is 13.4. The molecule has 2 aliphatic rings. The predicted octanol–water partition coefficient (Wildman–Crippen LogP) is 3.14. The first-order valence-electron chi connectivity index (χ1n) is 7.80. The molecule has 2 N–H and O–H groups in total. The molecule has 2 rings (SSSR count).